The highest BCUT2D eigenvalue weighted by Gasteiger charge is 2.16. The van der Waals surface area contributed by atoms with E-state index < -0.39 is 4.92 Å². The lowest BCUT2D eigenvalue weighted by Crippen LogP contribution is -2.22. The molecule has 8 nitrogen and oxygen atoms in total. The lowest BCUT2D eigenvalue weighted by atomic mass is 10.2. The quantitative estimate of drug-likeness (QED) is 0.240. The minimum Gasteiger partial charge on any atom is -0.268 e. The van der Waals surface area contributed by atoms with Gasteiger partial charge in [0.05, 0.1) is 16.8 Å². The SMILES string of the molecule is Cc1ccccc1-n1c(SCc2cccc([N+](=O)[O-])c2)nc2[nH]ncc2c1=O. The van der Waals surface area contributed by atoms with Crippen molar-refractivity contribution in [2.75, 3.05) is 0 Å². The van der Waals surface area contributed by atoms with Crippen molar-refractivity contribution in [1.29, 1.82) is 0 Å². The first-order valence-electron chi connectivity index (χ1n) is 8.43. The summed E-state index contributed by atoms with van der Waals surface area (Å²) in [6.45, 7) is 1.93. The predicted octanol–water partition coefficient (Wildman–Crippen LogP) is 3.62. The predicted molar refractivity (Wildman–Crippen MR) is 107 cm³/mol. The van der Waals surface area contributed by atoms with E-state index in [1.807, 2.05) is 37.3 Å². The Balaban J connectivity index is 1.79. The summed E-state index contributed by atoms with van der Waals surface area (Å²) in [6, 6.07) is 14.0. The highest BCUT2D eigenvalue weighted by molar-refractivity contribution is 7.98. The summed E-state index contributed by atoms with van der Waals surface area (Å²) < 4.78 is 1.56. The second-order valence-corrected chi connectivity index (χ2v) is 7.11. The molecule has 0 amide bonds. The van der Waals surface area contributed by atoms with Gasteiger partial charge >= 0.3 is 0 Å². The van der Waals surface area contributed by atoms with Gasteiger partial charge in [-0.05, 0) is 24.1 Å². The molecule has 4 rings (SSSR count). The van der Waals surface area contributed by atoms with Crippen molar-refractivity contribution in [3.8, 4) is 5.69 Å². The van der Waals surface area contributed by atoms with Crippen LogP contribution in [0.5, 0.6) is 0 Å². The molecule has 140 valence electrons. The van der Waals surface area contributed by atoms with E-state index >= 15 is 0 Å². The molecule has 0 aliphatic carbocycles. The van der Waals surface area contributed by atoms with Gasteiger partial charge in [-0.25, -0.2) is 4.98 Å². The minimum absolute atomic E-state index is 0.0337. The van der Waals surface area contributed by atoms with E-state index in [0.29, 0.717) is 21.9 Å². The fourth-order valence-electron chi connectivity index (χ4n) is 2.91. The molecule has 9 heteroatoms. The van der Waals surface area contributed by atoms with Crippen molar-refractivity contribution in [2.24, 2.45) is 0 Å². The smallest absolute Gasteiger partial charge is 0.268 e. The summed E-state index contributed by atoms with van der Waals surface area (Å²) in [5, 5.41) is 18.6. The number of nitro groups is 1. The average molecular weight is 393 g/mol. The van der Waals surface area contributed by atoms with Gasteiger partial charge < -0.3 is 0 Å². The average Bonchev–Trinajstić information content (AvgIpc) is 3.16. The molecule has 4 aromatic rings. The Morgan fingerprint density at radius 2 is 2.04 bits per heavy atom. The maximum absolute atomic E-state index is 13.1. The molecule has 0 spiro atoms. The highest BCUT2D eigenvalue weighted by Crippen LogP contribution is 2.26. The fraction of sp³-hybridized carbons (Fsp3) is 0.105. The number of hydrogen-bond acceptors (Lipinski definition) is 6. The largest absolute Gasteiger partial charge is 0.269 e. The van der Waals surface area contributed by atoms with E-state index in [1.54, 1.807) is 10.6 Å². The Kier molecular flexibility index (Phi) is 4.66. The number of nitrogens with one attached hydrogen (secondary N) is 1. The number of aromatic amines is 1. The molecular weight excluding hydrogens is 378 g/mol. The van der Waals surface area contributed by atoms with Gasteiger partial charge in [0.1, 0.15) is 5.39 Å². The lowest BCUT2D eigenvalue weighted by Gasteiger charge is -2.14. The summed E-state index contributed by atoms with van der Waals surface area (Å²) in [7, 11) is 0. The molecule has 0 saturated carbocycles. The molecule has 0 radical (unpaired) electrons. The summed E-state index contributed by atoms with van der Waals surface area (Å²) >= 11 is 1.34. The van der Waals surface area contributed by atoms with Crippen LogP contribution in [0.4, 0.5) is 5.69 Å². The highest BCUT2D eigenvalue weighted by atomic mass is 32.2. The van der Waals surface area contributed by atoms with Crippen LogP contribution < -0.4 is 5.56 Å². The fourth-order valence-corrected chi connectivity index (χ4v) is 3.85. The van der Waals surface area contributed by atoms with Gasteiger partial charge in [0.2, 0.25) is 0 Å². The molecule has 0 aliphatic rings. The van der Waals surface area contributed by atoms with Crippen LogP contribution in [0, 0.1) is 17.0 Å². The lowest BCUT2D eigenvalue weighted by molar-refractivity contribution is -0.384. The third-order valence-corrected chi connectivity index (χ3v) is 5.31. The maximum Gasteiger partial charge on any atom is 0.269 e. The minimum atomic E-state index is -0.424. The van der Waals surface area contributed by atoms with E-state index in [4.69, 9.17) is 0 Å². The van der Waals surface area contributed by atoms with E-state index in [9.17, 15) is 14.9 Å². The van der Waals surface area contributed by atoms with Gasteiger partial charge in [-0.15, -0.1) is 0 Å². The third kappa shape index (κ3) is 3.27. The Morgan fingerprint density at radius 1 is 1.21 bits per heavy atom. The maximum atomic E-state index is 13.1. The van der Waals surface area contributed by atoms with Gasteiger partial charge in [-0.3, -0.25) is 24.6 Å². The zero-order valence-corrected chi connectivity index (χ0v) is 15.6. The molecule has 0 saturated heterocycles. The number of nitro benzene ring substituents is 1. The number of non-ortho nitro benzene ring substituents is 1. The Hall–Kier alpha value is -3.46. The van der Waals surface area contributed by atoms with Crippen LogP contribution in [-0.2, 0) is 5.75 Å². The van der Waals surface area contributed by atoms with E-state index in [-0.39, 0.29) is 11.2 Å². The summed E-state index contributed by atoms with van der Waals surface area (Å²) in [5.41, 5.74) is 2.68. The molecule has 2 heterocycles. The van der Waals surface area contributed by atoms with Crippen molar-refractivity contribution in [3.63, 3.8) is 0 Å². The van der Waals surface area contributed by atoms with Crippen LogP contribution in [0.15, 0.2) is 64.7 Å². The number of thioether (sulfide) groups is 1. The Bertz CT molecular complexity index is 1250. The first-order valence-corrected chi connectivity index (χ1v) is 9.41. The number of H-pyrrole nitrogens is 1. The van der Waals surface area contributed by atoms with Crippen molar-refractivity contribution < 1.29 is 4.92 Å². The number of hydrogen-bond donors (Lipinski definition) is 1. The van der Waals surface area contributed by atoms with Crippen molar-refractivity contribution in [3.05, 3.63) is 86.3 Å². The van der Waals surface area contributed by atoms with Crippen LogP contribution in [-0.4, -0.2) is 24.7 Å². The Labute approximate surface area is 163 Å². The number of fused-ring (bicyclic) bond motifs is 1. The number of benzene rings is 2. The van der Waals surface area contributed by atoms with Gasteiger partial charge in [0.15, 0.2) is 10.8 Å². The van der Waals surface area contributed by atoms with E-state index in [1.165, 1.54) is 30.1 Å². The number of rotatable bonds is 5. The molecule has 28 heavy (non-hydrogen) atoms. The zero-order valence-electron chi connectivity index (χ0n) is 14.8. The Morgan fingerprint density at radius 3 is 2.82 bits per heavy atom. The van der Waals surface area contributed by atoms with Crippen LogP contribution >= 0.6 is 11.8 Å². The second-order valence-electron chi connectivity index (χ2n) is 6.17. The molecule has 2 aromatic carbocycles. The van der Waals surface area contributed by atoms with Crippen molar-refractivity contribution in [2.45, 2.75) is 17.8 Å². The summed E-state index contributed by atoms with van der Waals surface area (Å²) in [5.74, 6) is 0.430. The standard InChI is InChI=1S/C19H15N5O3S/c1-12-5-2-3-8-16(12)23-18(25)15-10-20-22-17(15)21-19(23)28-11-13-6-4-7-14(9-13)24(26)27/h2-10H,11H2,1H3,(H,20,22). The summed E-state index contributed by atoms with van der Waals surface area (Å²) in [6.07, 6.45) is 1.47. The zero-order chi connectivity index (χ0) is 19.7. The first kappa shape index (κ1) is 17.9. The van der Waals surface area contributed by atoms with Crippen LogP contribution in [0.25, 0.3) is 16.7 Å². The van der Waals surface area contributed by atoms with Crippen LogP contribution in [0.3, 0.4) is 0 Å². The number of para-hydroxylation sites is 1. The normalized spacial score (nSPS) is 11.0. The summed E-state index contributed by atoms with van der Waals surface area (Å²) in [4.78, 5) is 28.2. The molecule has 1 N–H and O–H groups in total. The van der Waals surface area contributed by atoms with Crippen LogP contribution in [0.1, 0.15) is 11.1 Å². The molecule has 0 unspecified atom stereocenters. The van der Waals surface area contributed by atoms with Gasteiger partial charge in [0, 0.05) is 17.9 Å². The molecule has 0 bridgehead atoms. The molecule has 0 atom stereocenters. The monoisotopic (exact) mass is 393 g/mol. The van der Waals surface area contributed by atoms with Crippen molar-refractivity contribution >= 4 is 28.5 Å². The molecule has 2 aromatic heterocycles. The van der Waals surface area contributed by atoms with Gasteiger partial charge in [-0.1, -0.05) is 42.1 Å². The van der Waals surface area contributed by atoms with Gasteiger partial charge in [0.25, 0.3) is 11.2 Å². The van der Waals surface area contributed by atoms with E-state index in [2.05, 4.69) is 15.2 Å². The topological polar surface area (TPSA) is 107 Å². The molecule has 0 aliphatic heterocycles. The van der Waals surface area contributed by atoms with Crippen molar-refractivity contribution in [1.82, 2.24) is 19.7 Å². The first-order chi connectivity index (χ1) is 13.5. The number of aryl methyl sites for hydroxylation is 1. The molecular formula is C19H15N5O3S. The second kappa shape index (κ2) is 7.28. The third-order valence-electron chi connectivity index (χ3n) is 4.30. The van der Waals surface area contributed by atoms with E-state index in [0.717, 1.165) is 16.8 Å². The van der Waals surface area contributed by atoms with Gasteiger partial charge in [-0.2, -0.15) is 5.10 Å². The number of nitrogens with zero attached hydrogens (tertiary/aromatic N) is 4. The number of aromatic nitrogens is 4. The molecule has 0 fully saturated rings. The van der Waals surface area contributed by atoms with Crippen LogP contribution in [0.2, 0.25) is 0 Å².